The van der Waals surface area contributed by atoms with Gasteiger partial charge in [-0.1, -0.05) is 32.4 Å². The van der Waals surface area contributed by atoms with E-state index in [9.17, 15) is 4.39 Å². The van der Waals surface area contributed by atoms with E-state index in [4.69, 9.17) is 0 Å². The Bertz CT molecular complexity index is 336. The third-order valence-electron chi connectivity index (χ3n) is 3.30. The van der Waals surface area contributed by atoms with Crippen LogP contribution < -0.4 is 5.32 Å². The molecule has 0 fully saturated rings. The van der Waals surface area contributed by atoms with Crippen molar-refractivity contribution in [2.45, 2.75) is 45.6 Å². The van der Waals surface area contributed by atoms with Crippen LogP contribution in [-0.4, -0.2) is 13.1 Å². The van der Waals surface area contributed by atoms with Crippen molar-refractivity contribution < 1.29 is 4.39 Å². The van der Waals surface area contributed by atoms with E-state index in [1.165, 1.54) is 0 Å². The molecule has 1 rings (SSSR count). The van der Waals surface area contributed by atoms with Crippen LogP contribution in [0.5, 0.6) is 0 Å². The summed E-state index contributed by atoms with van der Waals surface area (Å²) in [5.41, 5.74) is 1.79. The molecule has 90 valence electrons. The van der Waals surface area contributed by atoms with Crippen molar-refractivity contribution in [3.05, 3.63) is 35.1 Å². The predicted octanol–water partition coefficient (Wildman–Crippen LogP) is 3.63. The van der Waals surface area contributed by atoms with E-state index in [1.807, 2.05) is 19.2 Å². The Morgan fingerprint density at radius 3 is 2.56 bits per heavy atom. The largest absolute Gasteiger partial charge is 0.316 e. The molecule has 0 amide bonds. The van der Waals surface area contributed by atoms with Crippen molar-refractivity contribution in [3.8, 4) is 0 Å². The van der Waals surface area contributed by atoms with Crippen LogP contribution in [0.2, 0.25) is 0 Å². The summed E-state index contributed by atoms with van der Waals surface area (Å²) in [5, 5.41) is 3.31. The molecule has 1 aromatic carbocycles. The average molecular weight is 223 g/mol. The Morgan fingerprint density at radius 1 is 1.38 bits per heavy atom. The molecular weight excluding hydrogens is 201 g/mol. The molecular formula is C14H22FN. The van der Waals surface area contributed by atoms with Gasteiger partial charge in [0.05, 0.1) is 0 Å². The zero-order valence-corrected chi connectivity index (χ0v) is 10.7. The number of rotatable bonds is 5. The molecule has 0 spiro atoms. The number of likely N-dealkylation sites (N-methyl/N-ethyl adjacent to an activating group) is 1. The van der Waals surface area contributed by atoms with Crippen LogP contribution >= 0.6 is 0 Å². The highest BCUT2D eigenvalue weighted by Crippen LogP contribution is 2.23. The topological polar surface area (TPSA) is 12.0 Å². The van der Waals surface area contributed by atoms with Crippen molar-refractivity contribution >= 4 is 0 Å². The second-order valence-corrected chi connectivity index (χ2v) is 4.48. The molecule has 1 aromatic rings. The minimum atomic E-state index is -0.101. The van der Waals surface area contributed by atoms with Crippen molar-refractivity contribution in [2.24, 2.45) is 0 Å². The van der Waals surface area contributed by atoms with Crippen LogP contribution in [0.15, 0.2) is 18.2 Å². The zero-order valence-electron chi connectivity index (χ0n) is 10.7. The molecule has 0 radical (unpaired) electrons. The Labute approximate surface area is 98.1 Å². The molecule has 1 nitrogen and oxygen atoms in total. The molecule has 0 aliphatic carbocycles. The van der Waals surface area contributed by atoms with Gasteiger partial charge in [-0.25, -0.2) is 4.39 Å². The summed E-state index contributed by atoms with van der Waals surface area (Å²) in [6, 6.07) is 5.98. The Balaban J connectivity index is 2.85. The number of hydrogen-bond donors (Lipinski definition) is 1. The van der Waals surface area contributed by atoms with Gasteiger partial charge in [0.2, 0.25) is 0 Å². The maximum atomic E-state index is 13.5. The van der Waals surface area contributed by atoms with Gasteiger partial charge in [-0.3, -0.25) is 0 Å². The van der Waals surface area contributed by atoms with E-state index in [0.29, 0.717) is 17.5 Å². The average Bonchev–Trinajstić information content (AvgIpc) is 2.28. The summed E-state index contributed by atoms with van der Waals surface area (Å²) in [7, 11) is 1.97. The minimum absolute atomic E-state index is 0.101. The first-order valence-corrected chi connectivity index (χ1v) is 6.03. The van der Waals surface area contributed by atoms with Crippen molar-refractivity contribution in [3.63, 3.8) is 0 Å². The number of benzene rings is 1. The molecule has 0 saturated heterocycles. The van der Waals surface area contributed by atoms with Gasteiger partial charge < -0.3 is 5.32 Å². The van der Waals surface area contributed by atoms with Crippen molar-refractivity contribution in [1.82, 2.24) is 5.32 Å². The molecule has 0 aliphatic rings. The van der Waals surface area contributed by atoms with Gasteiger partial charge in [0, 0.05) is 6.04 Å². The van der Waals surface area contributed by atoms with Crippen LogP contribution in [-0.2, 0) is 0 Å². The van der Waals surface area contributed by atoms with E-state index in [0.717, 1.165) is 18.4 Å². The van der Waals surface area contributed by atoms with Crippen LogP contribution in [0.25, 0.3) is 0 Å². The fraction of sp³-hybridized carbons (Fsp3) is 0.571. The van der Waals surface area contributed by atoms with Crippen LogP contribution in [0.3, 0.4) is 0 Å². The van der Waals surface area contributed by atoms with E-state index >= 15 is 0 Å². The number of nitrogens with one attached hydrogen (secondary N) is 1. The van der Waals surface area contributed by atoms with Gasteiger partial charge in [-0.2, -0.15) is 0 Å². The standard InChI is InChI=1S/C14H22FN/c1-5-6-14(16-4)11(3)12-8-7-10(2)13(15)9-12/h7-9,11,14,16H,5-6H2,1-4H3. The first-order valence-electron chi connectivity index (χ1n) is 6.03. The summed E-state index contributed by atoms with van der Waals surface area (Å²) in [6.07, 6.45) is 2.26. The van der Waals surface area contributed by atoms with Gasteiger partial charge in [-0.15, -0.1) is 0 Å². The highest BCUT2D eigenvalue weighted by Gasteiger charge is 2.17. The molecule has 2 unspecified atom stereocenters. The predicted molar refractivity (Wildman–Crippen MR) is 67.3 cm³/mol. The molecule has 16 heavy (non-hydrogen) atoms. The first kappa shape index (κ1) is 13.2. The lowest BCUT2D eigenvalue weighted by atomic mass is 9.90. The lowest BCUT2D eigenvalue weighted by Gasteiger charge is -2.23. The highest BCUT2D eigenvalue weighted by molar-refractivity contribution is 5.26. The van der Waals surface area contributed by atoms with E-state index in [2.05, 4.69) is 19.2 Å². The molecule has 0 saturated carbocycles. The smallest absolute Gasteiger partial charge is 0.126 e. The molecule has 0 aromatic heterocycles. The summed E-state index contributed by atoms with van der Waals surface area (Å²) in [6.45, 7) is 6.12. The second kappa shape index (κ2) is 6.00. The van der Waals surface area contributed by atoms with Crippen molar-refractivity contribution in [2.75, 3.05) is 7.05 Å². The van der Waals surface area contributed by atoms with E-state index < -0.39 is 0 Å². The second-order valence-electron chi connectivity index (χ2n) is 4.48. The zero-order chi connectivity index (χ0) is 12.1. The van der Waals surface area contributed by atoms with Gasteiger partial charge in [0.25, 0.3) is 0 Å². The fourth-order valence-electron chi connectivity index (χ4n) is 2.08. The third kappa shape index (κ3) is 3.05. The van der Waals surface area contributed by atoms with E-state index in [1.54, 1.807) is 13.0 Å². The lowest BCUT2D eigenvalue weighted by Crippen LogP contribution is -2.30. The maximum absolute atomic E-state index is 13.5. The first-order chi connectivity index (χ1) is 7.60. The SMILES string of the molecule is CCCC(NC)C(C)c1ccc(C)c(F)c1. The normalized spacial score (nSPS) is 14.8. The summed E-state index contributed by atoms with van der Waals surface area (Å²) in [4.78, 5) is 0. The lowest BCUT2D eigenvalue weighted by molar-refractivity contribution is 0.449. The maximum Gasteiger partial charge on any atom is 0.126 e. The molecule has 1 N–H and O–H groups in total. The number of hydrogen-bond acceptors (Lipinski definition) is 1. The van der Waals surface area contributed by atoms with Crippen LogP contribution in [0, 0.1) is 12.7 Å². The molecule has 0 heterocycles. The summed E-state index contributed by atoms with van der Waals surface area (Å²) < 4.78 is 13.5. The van der Waals surface area contributed by atoms with E-state index in [-0.39, 0.29) is 5.82 Å². The molecule has 0 aliphatic heterocycles. The molecule has 2 atom stereocenters. The summed E-state index contributed by atoms with van der Waals surface area (Å²) in [5.74, 6) is 0.246. The van der Waals surface area contributed by atoms with Gasteiger partial charge in [-0.05, 0) is 43.5 Å². The monoisotopic (exact) mass is 223 g/mol. The Morgan fingerprint density at radius 2 is 2.06 bits per heavy atom. The molecule has 0 bridgehead atoms. The van der Waals surface area contributed by atoms with Gasteiger partial charge in [0.1, 0.15) is 5.82 Å². The highest BCUT2D eigenvalue weighted by atomic mass is 19.1. The molecule has 2 heteroatoms. The summed E-state index contributed by atoms with van der Waals surface area (Å²) >= 11 is 0. The van der Waals surface area contributed by atoms with Gasteiger partial charge in [0.15, 0.2) is 0 Å². The van der Waals surface area contributed by atoms with Gasteiger partial charge >= 0.3 is 0 Å². The van der Waals surface area contributed by atoms with Crippen LogP contribution in [0.4, 0.5) is 4.39 Å². The fourth-order valence-corrected chi connectivity index (χ4v) is 2.08. The Kier molecular flexibility index (Phi) is 4.94. The number of halogens is 1. The number of aryl methyl sites for hydroxylation is 1. The Hall–Kier alpha value is -0.890. The quantitative estimate of drug-likeness (QED) is 0.804. The van der Waals surface area contributed by atoms with Crippen molar-refractivity contribution in [1.29, 1.82) is 0 Å². The van der Waals surface area contributed by atoms with Crippen LogP contribution in [0.1, 0.15) is 43.7 Å². The minimum Gasteiger partial charge on any atom is -0.316 e. The third-order valence-corrected chi connectivity index (χ3v) is 3.30.